The number of hydrogen-bond donors (Lipinski definition) is 2. The number of hydrogen-bond acceptors (Lipinski definition) is 2. The molecule has 1 atom stereocenters. The summed E-state index contributed by atoms with van der Waals surface area (Å²) in [6.45, 7) is -0.120. The second-order valence-electron chi connectivity index (χ2n) is 4.88. The van der Waals surface area contributed by atoms with Crippen LogP contribution in [-0.2, 0) is 4.79 Å². The molecule has 1 amide bonds. The molecule has 112 valence electrons. The number of nitrogens with one attached hydrogen (secondary N) is 1. The third-order valence-corrected chi connectivity index (χ3v) is 3.20. The molecule has 1 unspecified atom stereocenters. The van der Waals surface area contributed by atoms with Gasteiger partial charge in [-0.2, -0.15) is 0 Å². The van der Waals surface area contributed by atoms with E-state index in [-0.39, 0.29) is 18.6 Å². The van der Waals surface area contributed by atoms with E-state index in [9.17, 15) is 9.90 Å². The van der Waals surface area contributed by atoms with Crippen molar-refractivity contribution in [1.29, 1.82) is 0 Å². The van der Waals surface area contributed by atoms with Crippen LogP contribution in [0.5, 0.6) is 0 Å². The first kappa shape index (κ1) is 15.8. The summed E-state index contributed by atoms with van der Waals surface area (Å²) in [4.78, 5) is 11.9. The van der Waals surface area contributed by atoms with Crippen LogP contribution in [0.2, 0.25) is 0 Å². The predicted octanol–water partition coefficient (Wildman–Crippen LogP) is 2.67. The summed E-state index contributed by atoms with van der Waals surface area (Å²) < 4.78 is 0. The zero-order valence-electron chi connectivity index (χ0n) is 12.3. The molecular weight excluding hydrogens is 274 g/mol. The summed E-state index contributed by atoms with van der Waals surface area (Å²) in [6.07, 6.45) is 0.816. The topological polar surface area (TPSA) is 49.3 Å². The van der Waals surface area contributed by atoms with Crippen LogP contribution < -0.4 is 5.32 Å². The van der Waals surface area contributed by atoms with E-state index in [1.807, 2.05) is 60.7 Å². The second-order valence-corrected chi connectivity index (χ2v) is 4.88. The molecule has 0 saturated heterocycles. The summed E-state index contributed by atoms with van der Waals surface area (Å²) in [7, 11) is 0. The number of carbonyl (C=O) groups is 1. The third-order valence-electron chi connectivity index (χ3n) is 3.20. The first-order chi connectivity index (χ1) is 10.8. The minimum absolute atomic E-state index is 0.106. The Bertz CT molecular complexity index is 641. The molecule has 0 aliphatic rings. The first-order valence-corrected chi connectivity index (χ1v) is 7.28. The fourth-order valence-electron chi connectivity index (χ4n) is 2.05. The summed E-state index contributed by atoms with van der Waals surface area (Å²) in [5, 5.41) is 12.2. The fraction of sp³-hybridized carbons (Fsp3) is 0.211. The third kappa shape index (κ3) is 5.08. The van der Waals surface area contributed by atoms with Crippen LogP contribution in [0.3, 0.4) is 0 Å². The normalized spacial score (nSPS) is 11.1. The molecule has 0 aromatic heterocycles. The van der Waals surface area contributed by atoms with Gasteiger partial charge in [0, 0.05) is 18.4 Å². The number of benzene rings is 2. The van der Waals surface area contributed by atoms with E-state index in [1.165, 1.54) is 0 Å². The van der Waals surface area contributed by atoms with Gasteiger partial charge in [0.1, 0.15) is 0 Å². The van der Waals surface area contributed by atoms with Crippen molar-refractivity contribution in [3.63, 3.8) is 0 Å². The Morgan fingerprint density at radius 2 is 1.68 bits per heavy atom. The molecule has 2 aromatic rings. The van der Waals surface area contributed by atoms with Crippen molar-refractivity contribution >= 4 is 5.91 Å². The van der Waals surface area contributed by atoms with Gasteiger partial charge in [-0.3, -0.25) is 4.79 Å². The van der Waals surface area contributed by atoms with Crippen LogP contribution in [-0.4, -0.2) is 17.6 Å². The van der Waals surface area contributed by atoms with Gasteiger partial charge >= 0.3 is 0 Å². The largest absolute Gasteiger partial charge is 0.394 e. The lowest BCUT2D eigenvalue weighted by atomic mass is 10.1. The predicted molar refractivity (Wildman–Crippen MR) is 87.0 cm³/mol. The lowest BCUT2D eigenvalue weighted by molar-refractivity contribution is -0.122. The van der Waals surface area contributed by atoms with Crippen LogP contribution in [0.4, 0.5) is 0 Å². The van der Waals surface area contributed by atoms with E-state index in [4.69, 9.17) is 0 Å². The van der Waals surface area contributed by atoms with Crippen molar-refractivity contribution in [2.75, 3.05) is 6.61 Å². The Morgan fingerprint density at radius 1 is 1.05 bits per heavy atom. The van der Waals surface area contributed by atoms with E-state index in [1.54, 1.807) is 0 Å². The lowest BCUT2D eigenvalue weighted by Crippen LogP contribution is -2.30. The number of amides is 1. The van der Waals surface area contributed by atoms with E-state index in [0.29, 0.717) is 12.8 Å². The quantitative estimate of drug-likeness (QED) is 0.833. The minimum Gasteiger partial charge on any atom is -0.394 e. The molecule has 0 saturated carbocycles. The molecule has 0 fully saturated rings. The highest BCUT2D eigenvalue weighted by molar-refractivity contribution is 5.76. The summed E-state index contributed by atoms with van der Waals surface area (Å²) in [5.41, 5.74) is 1.84. The Balaban J connectivity index is 1.81. The van der Waals surface area contributed by atoms with Crippen LogP contribution in [0, 0.1) is 11.8 Å². The molecule has 0 spiro atoms. The monoisotopic (exact) mass is 293 g/mol. The molecule has 2 aromatic carbocycles. The average molecular weight is 293 g/mol. The highest BCUT2D eigenvalue weighted by atomic mass is 16.3. The zero-order chi connectivity index (χ0) is 15.6. The van der Waals surface area contributed by atoms with Crippen molar-refractivity contribution in [3.05, 3.63) is 71.8 Å². The van der Waals surface area contributed by atoms with Crippen LogP contribution in [0.1, 0.15) is 30.0 Å². The highest BCUT2D eigenvalue weighted by Gasteiger charge is 2.12. The Labute approximate surface area is 131 Å². The molecule has 2 N–H and O–H groups in total. The molecule has 0 aliphatic heterocycles. The van der Waals surface area contributed by atoms with Crippen molar-refractivity contribution in [1.82, 2.24) is 5.32 Å². The maximum Gasteiger partial charge on any atom is 0.221 e. The molecule has 0 radical (unpaired) electrons. The molecule has 0 bridgehead atoms. The SMILES string of the molecule is O=C(CCC#Cc1ccccc1)NC(CO)c1ccccc1. The van der Waals surface area contributed by atoms with Gasteiger partial charge in [-0.1, -0.05) is 60.4 Å². The van der Waals surface area contributed by atoms with E-state index >= 15 is 0 Å². The van der Waals surface area contributed by atoms with Gasteiger partial charge in [-0.05, 0) is 17.7 Å². The molecule has 2 rings (SSSR count). The van der Waals surface area contributed by atoms with Crippen molar-refractivity contribution in [2.24, 2.45) is 0 Å². The van der Waals surface area contributed by atoms with Gasteiger partial charge in [-0.15, -0.1) is 0 Å². The summed E-state index contributed by atoms with van der Waals surface area (Å²) in [6, 6.07) is 18.8. The van der Waals surface area contributed by atoms with Gasteiger partial charge in [-0.25, -0.2) is 0 Å². The number of aliphatic hydroxyl groups is 1. The zero-order valence-corrected chi connectivity index (χ0v) is 12.3. The summed E-state index contributed by atoms with van der Waals surface area (Å²) in [5.74, 6) is 5.90. The second kappa shape index (κ2) is 8.66. The highest BCUT2D eigenvalue weighted by Crippen LogP contribution is 2.11. The Kier molecular flexibility index (Phi) is 6.22. The van der Waals surface area contributed by atoms with Crippen LogP contribution in [0.15, 0.2) is 60.7 Å². The number of carbonyl (C=O) groups excluding carboxylic acids is 1. The van der Waals surface area contributed by atoms with Crippen LogP contribution in [0.25, 0.3) is 0 Å². The van der Waals surface area contributed by atoms with Crippen molar-refractivity contribution in [3.8, 4) is 11.8 Å². The minimum atomic E-state index is -0.365. The van der Waals surface area contributed by atoms with Crippen molar-refractivity contribution in [2.45, 2.75) is 18.9 Å². The summed E-state index contributed by atoms with van der Waals surface area (Å²) >= 11 is 0. The van der Waals surface area contributed by atoms with E-state index in [2.05, 4.69) is 17.2 Å². The van der Waals surface area contributed by atoms with Gasteiger partial charge in [0.15, 0.2) is 0 Å². The number of aliphatic hydroxyl groups excluding tert-OH is 1. The van der Waals surface area contributed by atoms with Crippen molar-refractivity contribution < 1.29 is 9.90 Å². The van der Waals surface area contributed by atoms with Gasteiger partial charge in [0.05, 0.1) is 12.6 Å². The molecule has 22 heavy (non-hydrogen) atoms. The Morgan fingerprint density at radius 3 is 2.32 bits per heavy atom. The maximum absolute atomic E-state index is 11.9. The number of rotatable bonds is 5. The lowest BCUT2D eigenvalue weighted by Gasteiger charge is -2.16. The van der Waals surface area contributed by atoms with Gasteiger partial charge in [0.2, 0.25) is 5.91 Å². The van der Waals surface area contributed by atoms with E-state index < -0.39 is 0 Å². The molecular formula is C19H19NO2. The standard InChI is InChI=1S/C19H19NO2/c21-15-18(17-12-5-2-6-13-17)20-19(22)14-8-7-11-16-9-3-1-4-10-16/h1-6,9-10,12-13,18,21H,8,14-15H2,(H,20,22). The molecule has 0 heterocycles. The smallest absolute Gasteiger partial charge is 0.221 e. The van der Waals surface area contributed by atoms with E-state index in [0.717, 1.165) is 11.1 Å². The average Bonchev–Trinajstić information content (AvgIpc) is 2.58. The van der Waals surface area contributed by atoms with Crippen LogP contribution >= 0.6 is 0 Å². The fourth-order valence-corrected chi connectivity index (χ4v) is 2.05. The first-order valence-electron chi connectivity index (χ1n) is 7.28. The molecule has 3 nitrogen and oxygen atoms in total. The maximum atomic E-state index is 11.9. The van der Waals surface area contributed by atoms with Gasteiger partial charge in [0.25, 0.3) is 0 Å². The molecule has 3 heteroatoms. The Hall–Kier alpha value is -2.57. The molecule has 0 aliphatic carbocycles. The van der Waals surface area contributed by atoms with Gasteiger partial charge < -0.3 is 10.4 Å².